The third-order valence-electron chi connectivity index (χ3n) is 4.49. The second-order valence-corrected chi connectivity index (χ2v) is 7.35. The topological polar surface area (TPSA) is 68.2 Å². The fourth-order valence-electron chi connectivity index (χ4n) is 3.24. The lowest BCUT2D eigenvalue weighted by Gasteiger charge is -2.40. The number of rotatable bonds is 5. The number of methoxy groups -OCH3 is 2. The van der Waals surface area contributed by atoms with E-state index in [4.69, 9.17) is 14.2 Å². The Morgan fingerprint density at radius 3 is 2.65 bits per heavy atom. The van der Waals surface area contributed by atoms with Gasteiger partial charge >= 0.3 is 0 Å². The molecule has 2 aromatic rings. The summed E-state index contributed by atoms with van der Waals surface area (Å²) in [6.45, 7) is 2.66. The van der Waals surface area contributed by atoms with Crippen molar-refractivity contribution in [3.8, 4) is 11.5 Å². The molecule has 0 radical (unpaired) electrons. The molecule has 1 amide bonds. The number of morpholine rings is 1. The summed E-state index contributed by atoms with van der Waals surface area (Å²) in [6.07, 6.45) is -0.494. The van der Waals surface area contributed by atoms with E-state index in [1.165, 1.54) is 11.3 Å². The quantitative estimate of drug-likeness (QED) is 0.868. The molecule has 1 saturated heterocycles. The van der Waals surface area contributed by atoms with Crippen molar-refractivity contribution in [1.82, 2.24) is 4.90 Å². The van der Waals surface area contributed by atoms with E-state index in [1.807, 2.05) is 31.2 Å². The second-order valence-electron chi connectivity index (χ2n) is 6.06. The average molecular weight is 377 g/mol. The minimum absolute atomic E-state index is 0.0513. The number of ether oxygens (including phenoxy) is 3. The van der Waals surface area contributed by atoms with E-state index in [-0.39, 0.29) is 12.5 Å². The average Bonchev–Trinajstić information content (AvgIpc) is 3.12. The van der Waals surface area contributed by atoms with E-state index < -0.39 is 12.1 Å². The van der Waals surface area contributed by atoms with Gasteiger partial charge in [0.25, 0.3) is 5.91 Å². The van der Waals surface area contributed by atoms with E-state index in [2.05, 4.69) is 0 Å². The van der Waals surface area contributed by atoms with Gasteiger partial charge in [-0.2, -0.15) is 0 Å². The van der Waals surface area contributed by atoms with Gasteiger partial charge in [-0.05, 0) is 36.8 Å². The van der Waals surface area contributed by atoms with Crippen LogP contribution in [-0.2, 0) is 4.74 Å². The Hall–Kier alpha value is -2.09. The summed E-state index contributed by atoms with van der Waals surface area (Å²) in [4.78, 5) is 16.6. The molecule has 3 rings (SSSR count). The highest BCUT2D eigenvalue weighted by Crippen LogP contribution is 2.36. The molecule has 1 aromatic heterocycles. The monoisotopic (exact) mass is 377 g/mol. The van der Waals surface area contributed by atoms with Crippen molar-refractivity contribution in [2.75, 3.05) is 34.0 Å². The number of aliphatic hydroxyl groups excluding tert-OH is 1. The number of thiophene rings is 1. The summed E-state index contributed by atoms with van der Waals surface area (Å²) in [5.74, 6) is 1.14. The van der Waals surface area contributed by atoms with Gasteiger partial charge in [-0.1, -0.05) is 6.07 Å². The Bertz CT molecular complexity index is 775. The maximum Gasteiger partial charge on any atom is 0.264 e. The number of aliphatic hydroxyl groups is 1. The van der Waals surface area contributed by atoms with Crippen molar-refractivity contribution in [2.45, 2.75) is 19.1 Å². The molecule has 1 N–H and O–H groups in total. The number of carbonyl (C=O) groups excluding carboxylic acids is 1. The number of aryl methyl sites for hydroxylation is 1. The molecule has 0 bridgehead atoms. The zero-order chi connectivity index (χ0) is 18.7. The molecule has 1 aliphatic rings. The van der Waals surface area contributed by atoms with Crippen molar-refractivity contribution < 1.29 is 24.1 Å². The van der Waals surface area contributed by atoms with E-state index >= 15 is 0 Å². The molecule has 2 heterocycles. The summed E-state index contributed by atoms with van der Waals surface area (Å²) in [5.41, 5.74) is 0.836. The standard InChI is InChI=1S/C19H23NO5S/c1-12-4-7-17(26-12)19(22)20-8-9-25-16(11-21)18(20)13-5-6-14(23-2)15(10-13)24-3/h4-7,10,16,18,21H,8-9,11H2,1-3H3. The molecule has 6 nitrogen and oxygen atoms in total. The van der Waals surface area contributed by atoms with Gasteiger partial charge in [0.1, 0.15) is 6.10 Å². The number of hydrogen-bond donors (Lipinski definition) is 1. The third-order valence-corrected chi connectivity index (χ3v) is 5.48. The van der Waals surface area contributed by atoms with Gasteiger partial charge < -0.3 is 24.2 Å². The lowest BCUT2D eigenvalue weighted by Crippen LogP contribution is -2.49. The molecule has 2 atom stereocenters. The lowest BCUT2D eigenvalue weighted by molar-refractivity contribution is -0.0810. The van der Waals surface area contributed by atoms with E-state index in [1.54, 1.807) is 25.2 Å². The minimum Gasteiger partial charge on any atom is -0.493 e. The molecule has 0 aliphatic carbocycles. The van der Waals surface area contributed by atoms with Crippen LogP contribution < -0.4 is 9.47 Å². The summed E-state index contributed by atoms with van der Waals surface area (Å²) < 4.78 is 16.4. The summed E-state index contributed by atoms with van der Waals surface area (Å²) in [7, 11) is 3.15. The highest BCUT2D eigenvalue weighted by molar-refractivity contribution is 7.13. The molecule has 7 heteroatoms. The van der Waals surface area contributed by atoms with Crippen molar-refractivity contribution in [1.29, 1.82) is 0 Å². The molecule has 1 aliphatic heterocycles. The number of benzene rings is 1. The van der Waals surface area contributed by atoms with Crippen molar-refractivity contribution in [2.24, 2.45) is 0 Å². The van der Waals surface area contributed by atoms with Crippen LogP contribution in [0.3, 0.4) is 0 Å². The maximum atomic E-state index is 13.1. The highest BCUT2D eigenvalue weighted by Gasteiger charge is 2.37. The molecule has 1 aromatic carbocycles. The van der Waals surface area contributed by atoms with E-state index in [9.17, 15) is 9.90 Å². The number of amides is 1. The Kier molecular flexibility index (Phi) is 5.80. The molecule has 140 valence electrons. The zero-order valence-electron chi connectivity index (χ0n) is 15.1. The Morgan fingerprint density at radius 1 is 1.27 bits per heavy atom. The first kappa shape index (κ1) is 18.7. The SMILES string of the molecule is COc1ccc(C2C(CO)OCCN2C(=O)c2ccc(C)s2)cc1OC. The molecule has 2 unspecified atom stereocenters. The van der Waals surface area contributed by atoms with Gasteiger partial charge in [0.15, 0.2) is 11.5 Å². The van der Waals surface area contributed by atoms with Crippen molar-refractivity contribution in [3.05, 3.63) is 45.6 Å². The molecule has 0 spiro atoms. The third kappa shape index (κ3) is 3.56. The smallest absolute Gasteiger partial charge is 0.264 e. The first-order chi connectivity index (χ1) is 12.6. The van der Waals surface area contributed by atoms with Gasteiger partial charge in [-0.15, -0.1) is 11.3 Å². The molecular weight excluding hydrogens is 354 g/mol. The van der Waals surface area contributed by atoms with Gasteiger partial charge in [-0.3, -0.25) is 4.79 Å². The molecule has 26 heavy (non-hydrogen) atoms. The van der Waals surface area contributed by atoms with Crippen LogP contribution in [0.25, 0.3) is 0 Å². The van der Waals surface area contributed by atoms with Crippen LogP contribution in [0.4, 0.5) is 0 Å². The maximum absolute atomic E-state index is 13.1. The predicted molar refractivity (Wildman–Crippen MR) is 99.2 cm³/mol. The minimum atomic E-state index is -0.494. The van der Waals surface area contributed by atoms with Gasteiger partial charge in [0.2, 0.25) is 0 Å². The van der Waals surface area contributed by atoms with Gasteiger partial charge in [0.05, 0.1) is 38.4 Å². The Balaban J connectivity index is 1.99. The number of nitrogens with zero attached hydrogens (tertiary/aromatic N) is 1. The molecular formula is C19H23NO5S. The summed E-state index contributed by atoms with van der Waals surface area (Å²) in [6, 6.07) is 8.90. The summed E-state index contributed by atoms with van der Waals surface area (Å²) >= 11 is 1.47. The van der Waals surface area contributed by atoms with E-state index in [0.29, 0.717) is 29.5 Å². The highest BCUT2D eigenvalue weighted by atomic mass is 32.1. The predicted octanol–water partition coefficient (Wildman–Crippen LogP) is 2.65. The van der Waals surface area contributed by atoms with Crippen molar-refractivity contribution >= 4 is 17.2 Å². The van der Waals surface area contributed by atoms with Crippen molar-refractivity contribution in [3.63, 3.8) is 0 Å². The first-order valence-electron chi connectivity index (χ1n) is 8.40. The fraction of sp³-hybridized carbons (Fsp3) is 0.421. The van der Waals surface area contributed by atoms with Gasteiger partial charge in [0, 0.05) is 11.4 Å². The van der Waals surface area contributed by atoms with Crippen LogP contribution in [0.5, 0.6) is 11.5 Å². The van der Waals surface area contributed by atoms with Crippen LogP contribution in [0.1, 0.15) is 26.2 Å². The van der Waals surface area contributed by atoms with Gasteiger partial charge in [-0.25, -0.2) is 0 Å². The Labute approximate surface area is 156 Å². The van der Waals surface area contributed by atoms with Crippen LogP contribution in [-0.4, -0.2) is 56.0 Å². The number of carbonyl (C=O) groups is 1. The van der Waals surface area contributed by atoms with Crippen LogP contribution in [0.2, 0.25) is 0 Å². The largest absolute Gasteiger partial charge is 0.493 e. The molecule has 0 saturated carbocycles. The number of hydrogen-bond acceptors (Lipinski definition) is 6. The summed E-state index contributed by atoms with van der Waals surface area (Å²) in [5, 5.41) is 9.81. The van der Waals surface area contributed by atoms with Crippen LogP contribution >= 0.6 is 11.3 Å². The Morgan fingerprint density at radius 2 is 2.04 bits per heavy atom. The lowest BCUT2D eigenvalue weighted by atomic mass is 9.97. The van der Waals surface area contributed by atoms with Crippen LogP contribution in [0.15, 0.2) is 30.3 Å². The molecule has 1 fully saturated rings. The normalized spacial score (nSPS) is 20.1. The van der Waals surface area contributed by atoms with Crippen LogP contribution in [0, 0.1) is 6.92 Å². The zero-order valence-corrected chi connectivity index (χ0v) is 15.9. The first-order valence-corrected chi connectivity index (χ1v) is 9.22. The second kappa shape index (κ2) is 8.07. The van der Waals surface area contributed by atoms with E-state index in [0.717, 1.165) is 10.4 Å². The fourth-order valence-corrected chi connectivity index (χ4v) is 4.06.